The number of nitrogen functional groups attached to an aromatic ring is 1. The molecule has 0 saturated carbocycles. The largest absolute Gasteiger partial charge is 0.311 e. The number of hydrogen-bond donors (Lipinski definition) is 2. The molecule has 3 N–H and O–H groups in total. The molecule has 1 amide bonds. The monoisotopic (exact) mass is 269 g/mol. The summed E-state index contributed by atoms with van der Waals surface area (Å²) >= 11 is 12.0. The highest BCUT2D eigenvalue weighted by atomic mass is 35.5. The number of hydrazine groups is 1. The molecule has 0 atom stereocenters. The fourth-order valence-electron chi connectivity index (χ4n) is 1.53. The van der Waals surface area contributed by atoms with Crippen LogP contribution in [0.3, 0.4) is 0 Å². The second kappa shape index (κ2) is 4.79. The van der Waals surface area contributed by atoms with Crippen LogP contribution in [0.5, 0.6) is 0 Å². The van der Waals surface area contributed by atoms with Crippen molar-refractivity contribution in [1.29, 1.82) is 0 Å². The van der Waals surface area contributed by atoms with E-state index < -0.39 is 5.91 Å². The Morgan fingerprint density at radius 1 is 1.24 bits per heavy atom. The first-order valence-corrected chi connectivity index (χ1v) is 5.53. The first kappa shape index (κ1) is 12.0. The topological polar surface area (TPSA) is 60.0 Å². The molecule has 1 aromatic heterocycles. The summed E-state index contributed by atoms with van der Waals surface area (Å²) in [4.78, 5) is 11.5. The third kappa shape index (κ3) is 2.15. The van der Waals surface area contributed by atoms with Crippen LogP contribution in [0.4, 0.5) is 0 Å². The first-order chi connectivity index (χ1) is 8.15. The van der Waals surface area contributed by atoms with Gasteiger partial charge < -0.3 is 4.57 Å². The minimum absolute atomic E-state index is 0.386. The molecule has 17 heavy (non-hydrogen) atoms. The zero-order valence-corrected chi connectivity index (χ0v) is 10.2. The minimum Gasteiger partial charge on any atom is -0.311 e. The summed E-state index contributed by atoms with van der Waals surface area (Å²) in [5.41, 5.74) is 3.09. The highest BCUT2D eigenvalue weighted by Gasteiger charge is 2.13. The van der Waals surface area contributed by atoms with E-state index in [0.29, 0.717) is 21.4 Å². The summed E-state index contributed by atoms with van der Waals surface area (Å²) < 4.78 is 1.62. The fourth-order valence-corrected chi connectivity index (χ4v) is 1.92. The number of rotatable bonds is 2. The van der Waals surface area contributed by atoms with Gasteiger partial charge in [0.05, 0.1) is 15.7 Å². The Morgan fingerprint density at radius 2 is 2.00 bits per heavy atom. The molecular formula is C11H9Cl2N3O. The van der Waals surface area contributed by atoms with Crippen molar-refractivity contribution in [2.45, 2.75) is 0 Å². The lowest BCUT2D eigenvalue weighted by molar-refractivity contribution is 0.0947. The van der Waals surface area contributed by atoms with E-state index >= 15 is 0 Å². The summed E-state index contributed by atoms with van der Waals surface area (Å²) in [6, 6.07) is 8.57. The highest BCUT2D eigenvalue weighted by Crippen LogP contribution is 2.29. The normalized spacial score (nSPS) is 10.3. The third-order valence-electron chi connectivity index (χ3n) is 2.30. The van der Waals surface area contributed by atoms with Gasteiger partial charge in [0.25, 0.3) is 5.91 Å². The highest BCUT2D eigenvalue weighted by molar-refractivity contribution is 6.43. The van der Waals surface area contributed by atoms with E-state index in [4.69, 9.17) is 29.0 Å². The number of carbonyl (C=O) groups excluding carboxylic acids is 1. The van der Waals surface area contributed by atoms with Crippen molar-refractivity contribution in [3.63, 3.8) is 0 Å². The lowest BCUT2D eigenvalue weighted by atomic mass is 10.3. The van der Waals surface area contributed by atoms with Crippen molar-refractivity contribution >= 4 is 29.1 Å². The Kier molecular flexibility index (Phi) is 3.38. The van der Waals surface area contributed by atoms with Crippen LogP contribution in [-0.4, -0.2) is 10.5 Å². The van der Waals surface area contributed by atoms with Crippen molar-refractivity contribution in [2.24, 2.45) is 5.84 Å². The van der Waals surface area contributed by atoms with Gasteiger partial charge in [0.2, 0.25) is 0 Å². The number of aromatic nitrogens is 1. The van der Waals surface area contributed by atoms with Gasteiger partial charge in [0.1, 0.15) is 5.69 Å². The summed E-state index contributed by atoms with van der Waals surface area (Å²) in [5, 5.41) is 0.813. The molecule has 0 fully saturated rings. The molecule has 88 valence electrons. The number of amides is 1. The number of hydrogen-bond acceptors (Lipinski definition) is 2. The Balaban J connectivity index is 2.58. The van der Waals surface area contributed by atoms with Crippen LogP contribution in [0.15, 0.2) is 36.5 Å². The zero-order valence-electron chi connectivity index (χ0n) is 8.65. The Hall–Kier alpha value is -1.49. The third-order valence-corrected chi connectivity index (χ3v) is 3.11. The quantitative estimate of drug-likeness (QED) is 0.500. The van der Waals surface area contributed by atoms with E-state index in [2.05, 4.69) is 5.43 Å². The molecule has 1 aromatic carbocycles. The van der Waals surface area contributed by atoms with Crippen LogP contribution in [-0.2, 0) is 0 Å². The van der Waals surface area contributed by atoms with E-state index in [1.54, 1.807) is 41.1 Å². The van der Waals surface area contributed by atoms with Gasteiger partial charge in [0.15, 0.2) is 0 Å². The van der Waals surface area contributed by atoms with Gasteiger partial charge >= 0.3 is 0 Å². The van der Waals surface area contributed by atoms with E-state index in [1.165, 1.54) is 0 Å². The summed E-state index contributed by atoms with van der Waals surface area (Å²) in [5.74, 6) is 4.71. The van der Waals surface area contributed by atoms with Crippen LogP contribution >= 0.6 is 23.2 Å². The maximum atomic E-state index is 11.5. The van der Waals surface area contributed by atoms with Crippen LogP contribution < -0.4 is 11.3 Å². The number of nitrogens with one attached hydrogen (secondary N) is 1. The van der Waals surface area contributed by atoms with Gasteiger partial charge in [-0.25, -0.2) is 5.84 Å². The van der Waals surface area contributed by atoms with Crippen molar-refractivity contribution in [3.8, 4) is 5.69 Å². The van der Waals surface area contributed by atoms with E-state index in [9.17, 15) is 4.79 Å². The van der Waals surface area contributed by atoms with Crippen molar-refractivity contribution in [2.75, 3.05) is 0 Å². The minimum atomic E-state index is -0.397. The Labute approximate surface area is 108 Å². The molecule has 0 aliphatic carbocycles. The standard InChI is InChI=1S/C11H9Cl2N3O/c12-7-3-1-4-8(10(7)13)16-6-2-5-9(16)11(17)15-14/h1-6H,14H2,(H,15,17). The molecule has 1 heterocycles. The van der Waals surface area contributed by atoms with E-state index in [1.807, 2.05) is 0 Å². The molecular weight excluding hydrogens is 261 g/mol. The Morgan fingerprint density at radius 3 is 2.71 bits per heavy atom. The van der Waals surface area contributed by atoms with E-state index in [-0.39, 0.29) is 0 Å². The molecule has 0 aliphatic rings. The maximum Gasteiger partial charge on any atom is 0.282 e. The molecule has 0 saturated heterocycles. The van der Waals surface area contributed by atoms with Crippen LogP contribution in [0.25, 0.3) is 5.69 Å². The van der Waals surface area contributed by atoms with Gasteiger partial charge in [-0.05, 0) is 24.3 Å². The number of carbonyl (C=O) groups is 1. The molecule has 0 spiro atoms. The number of nitrogens with two attached hydrogens (primary N) is 1. The molecule has 0 aliphatic heterocycles. The predicted octanol–water partition coefficient (Wildman–Crippen LogP) is 2.39. The second-order valence-corrected chi connectivity index (χ2v) is 4.10. The smallest absolute Gasteiger partial charge is 0.282 e. The van der Waals surface area contributed by atoms with Gasteiger partial charge in [-0.3, -0.25) is 10.2 Å². The first-order valence-electron chi connectivity index (χ1n) is 4.78. The lowest BCUT2D eigenvalue weighted by Gasteiger charge is -2.10. The van der Waals surface area contributed by atoms with Gasteiger partial charge in [0, 0.05) is 6.20 Å². The van der Waals surface area contributed by atoms with Gasteiger partial charge in [-0.1, -0.05) is 29.3 Å². The molecule has 2 rings (SSSR count). The predicted molar refractivity (Wildman–Crippen MR) is 67.4 cm³/mol. The number of benzene rings is 1. The van der Waals surface area contributed by atoms with Crippen molar-refractivity contribution in [3.05, 3.63) is 52.3 Å². The molecule has 0 radical (unpaired) electrons. The molecule has 0 bridgehead atoms. The summed E-state index contributed by atoms with van der Waals surface area (Å²) in [6.45, 7) is 0. The Bertz CT molecular complexity index is 566. The fraction of sp³-hybridized carbons (Fsp3) is 0. The molecule has 0 unspecified atom stereocenters. The van der Waals surface area contributed by atoms with Crippen molar-refractivity contribution in [1.82, 2.24) is 9.99 Å². The van der Waals surface area contributed by atoms with Crippen LogP contribution in [0, 0.1) is 0 Å². The molecule has 6 heteroatoms. The zero-order chi connectivity index (χ0) is 12.4. The van der Waals surface area contributed by atoms with Crippen molar-refractivity contribution < 1.29 is 4.79 Å². The number of nitrogens with zero attached hydrogens (tertiary/aromatic N) is 1. The SMILES string of the molecule is NNC(=O)c1cccn1-c1cccc(Cl)c1Cl. The summed E-state index contributed by atoms with van der Waals surface area (Å²) in [6.07, 6.45) is 1.71. The van der Waals surface area contributed by atoms with Gasteiger partial charge in [-0.2, -0.15) is 0 Å². The summed E-state index contributed by atoms with van der Waals surface area (Å²) in [7, 11) is 0. The van der Waals surface area contributed by atoms with Crippen LogP contribution in [0.2, 0.25) is 10.0 Å². The lowest BCUT2D eigenvalue weighted by Crippen LogP contribution is -2.31. The molecule has 4 nitrogen and oxygen atoms in total. The molecule has 2 aromatic rings. The number of halogens is 2. The average Bonchev–Trinajstić information content (AvgIpc) is 2.80. The second-order valence-electron chi connectivity index (χ2n) is 3.31. The van der Waals surface area contributed by atoms with Crippen LogP contribution in [0.1, 0.15) is 10.5 Å². The van der Waals surface area contributed by atoms with E-state index in [0.717, 1.165) is 0 Å². The van der Waals surface area contributed by atoms with Gasteiger partial charge in [-0.15, -0.1) is 0 Å². The maximum absolute atomic E-state index is 11.5. The average molecular weight is 270 g/mol.